The molecule has 1 saturated carbocycles. The van der Waals surface area contributed by atoms with Crippen LogP contribution in [0.3, 0.4) is 0 Å². The van der Waals surface area contributed by atoms with E-state index in [-0.39, 0.29) is 0 Å². The zero-order valence-electron chi connectivity index (χ0n) is 11.1. The zero-order chi connectivity index (χ0) is 12.4. The third-order valence-electron chi connectivity index (χ3n) is 3.61. The van der Waals surface area contributed by atoms with E-state index in [4.69, 9.17) is 0 Å². The van der Waals surface area contributed by atoms with Gasteiger partial charge in [0.15, 0.2) is 0 Å². The zero-order valence-corrected chi connectivity index (χ0v) is 12.7. The van der Waals surface area contributed by atoms with E-state index in [2.05, 4.69) is 35.1 Å². The topological polar surface area (TPSA) is 15.3 Å². The fraction of sp³-hybridized carbons (Fsp3) is 0.714. The predicted octanol–water partition coefficient (Wildman–Crippen LogP) is 2.72. The smallest absolute Gasteiger partial charge is 0.0325 e. The highest BCUT2D eigenvalue weighted by Crippen LogP contribution is 2.32. The maximum absolute atomic E-state index is 3.58. The number of thiophene rings is 1. The number of nitrogens with zero attached hydrogens (tertiary/aromatic N) is 1. The Hall–Kier alpha value is -0.0300. The van der Waals surface area contributed by atoms with Crippen molar-refractivity contribution < 1.29 is 0 Å². The minimum atomic E-state index is 0.837. The van der Waals surface area contributed by atoms with Crippen LogP contribution >= 0.6 is 23.1 Å². The second-order valence-corrected chi connectivity index (χ2v) is 7.76. The van der Waals surface area contributed by atoms with Gasteiger partial charge in [-0.1, -0.05) is 0 Å². The van der Waals surface area contributed by atoms with Crippen molar-refractivity contribution in [2.75, 3.05) is 25.9 Å². The molecule has 1 fully saturated rings. The SMILES string of the molecule is CN(CCNC1CC1)Cc1cc2c(s1)CCSC2. The molecular weight excluding hydrogens is 260 g/mol. The minimum absolute atomic E-state index is 0.837. The van der Waals surface area contributed by atoms with E-state index in [1.54, 1.807) is 15.3 Å². The molecule has 0 bridgehead atoms. The van der Waals surface area contributed by atoms with Crippen molar-refractivity contribution >= 4 is 23.1 Å². The first-order valence-electron chi connectivity index (χ1n) is 6.91. The molecule has 4 heteroatoms. The van der Waals surface area contributed by atoms with Crippen molar-refractivity contribution in [3.63, 3.8) is 0 Å². The van der Waals surface area contributed by atoms with E-state index >= 15 is 0 Å². The lowest BCUT2D eigenvalue weighted by Crippen LogP contribution is -2.29. The van der Waals surface area contributed by atoms with Gasteiger partial charge in [0, 0.05) is 41.2 Å². The standard InChI is InChI=1S/C14H22N2S2/c1-16(6-5-15-12-2-3-12)9-13-8-11-10-17-7-4-14(11)18-13/h8,12,15H,2-7,9-10H2,1H3. The van der Waals surface area contributed by atoms with Gasteiger partial charge >= 0.3 is 0 Å². The van der Waals surface area contributed by atoms with Gasteiger partial charge in [-0.15, -0.1) is 11.3 Å². The molecule has 0 saturated heterocycles. The van der Waals surface area contributed by atoms with Crippen molar-refractivity contribution in [3.8, 4) is 0 Å². The van der Waals surface area contributed by atoms with Gasteiger partial charge in [-0.05, 0) is 43.7 Å². The van der Waals surface area contributed by atoms with Crippen molar-refractivity contribution in [1.29, 1.82) is 0 Å². The van der Waals surface area contributed by atoms with Gasteiger partial charge in [0.2, 0.25) is 0 Å². The number of nitrogens with one attached hydrogen (secondary N) is 1. The molecule has 0 unspecified atom stereocenters. The first-order valence-corrected chi connectivity index (χ1v) is 8.88. The monoisotopic (exact) mass is 282 g/mol. The van der Waals surface area contributed by atoms with E-state index in [0.29, 0.717) is 0 Å². The van der Waals surface area contributed by atoms with Crippen LogP contribution in [0.1, 0.15) is 28.2 Å². The number of aryl methyl sites for hydroxylation is 1. The third-order valence-corrected chi connectivity index (χ3v) is 5.84. The van der Waals surface area contributed by atoms with Crippen LogP contribution in [0.2, 0.25) is 0 Å². The highest BCUT2D eigenvalue weighted by molar-refractivity contribution is 7.98. The Bertz CT molecular complexity index is 375. The third kappa shape index (κ3) is 3.50. The van der Waals surface area contributed by atoms with Gasteiger partial charge in [-0.25, -0.2) is 0 Å². The van der Waals surface area contributed by atoms with Crippen LogP contribution in [0.15, 0.2) is 6.07 Å². The Morgan fingerprint density at radius 3 is 3.11 bits per heavy atom. The van der Waals surface area contributed by atoms with Crippen molar-refractivity contribution in [2.24, 2.45) is 0 Å². The number of hydrogen-bond acceptors (Lipinski definition) is 4. The van der Waals surface area contributed by atoms with Gasteiger partial charge < -0.3 is 10.2 Å². The highest BCUT2D eigenvalue weighted by Gasteiger charge is 2.20. The molecule has 0 atom stereocenters. The molecule has 18 heavy (non-hydrogen) atoms. The summed E-state index contributed by atoms with van der Waals surface area (Å²) in [6.45, 7) is 3.42. The van der Waals surface area contributed by atoms with Gasteiger partial charge in [-0.3, -0.25) is 0 Å². The van der Waals surface area contributed by atoms with Gasteiger partial charge in [0.1, 0.15) is 0 Å². The van der Waals surface area contributed by atoms with Crippen LogP contribution in [0, 0.1) is 0 Å². The fourth-order valence-corrected chi connectivity index (χ4v) is 4.84. The lowest BCUT2D eigenvalue weighted by Gasteiger charge is -2.15. The van der Waals surface area contributed by atoms with Crippen LogP contribution in [-0.2, 0) is 18.7 Å². The molecule has 1 aromatic rings. The fourth-order valence-electron chi connectivity index (χ4n) is 2.38. The van der Waals surface area contributed by atoms with Crippen LogP contribution in [-0.4, -0.2) is 36.8 Å². The number of hydrogen-bond donors (Lipinski definition) is 1. The molecule has 0 radical (unpaired) electrons. The molecule has 0 spiro atoms. The summed E-state index contributed by atoms with van der Waals surface area (Å²) in [6.07, 6.45) is 4.07. The first-order chi connectivity index (χ1) is 8.81. The second kappa shape index (κ2) is 5.95. The number of rotatable bonds is 6. The van der Waals surface area contributed by atoms with E-state index < -0.39 is 0 Å². The summed E-state index contributed by atoms with van der Waals surface area (Å²) in [7, 11) is 2.24. The number of likely N-dealkylation sites (N-methyl/N-ethyl adjacent to an activating group) is 1. The predicted molar refractivity (Wildman–Crippen MR) is 81.5 cm³/mol. The summed E-state index contributed by atoms with van der Waals surface area (Å²) in [5.74, 6) is 2.55. The molecule has 1 aliphatic carbocycles. The summed E-state index contributed by atoms with van der Waals surface area (Å²) in [5, 5.41) is 3.58. The Morgan fingerprint density at radius 2 is 2.33 bits per heavy atom. The van der Waals surface area contributed by atoms with E-state index in [9.17, 15) is 0 Å². The van der Waals surface area contributed by atoms with Crippen molar-refractivity contribution in [1.82, 2.24) is 10.2 Å². The van der Waals surface area contributed by atoms with Crippen LogP contribution in [0.4, 0.5) is 0 Å². The quantitative estimate of drug-likeness (QED) is 0.864. The molecule has 2 nitrogen and oxygen atoms in total. The van der Waals surface area contributed by atoms with Crippen LogP contribution < -0.4 is 5.32 Å². The van der Waals surface area contributed by atoms with E-state index in [1.807, 2.05) is 11.3 Å². The van der Waals surface area contributed by atoms with Crippen molar-refractivity contribution in [3.05, 3.63) is 21.4 Å². The largest absolute Gasteiger partial charge is 0.313 e. The average Bonchev–Trinajstić information content (AvgIpc) is 3.08. The normalized spacial score (nSPS) is 19.2. The summed E-state index contributed by atoms with van der Waals surface area (Å²) < 4.78 is 0. The molecule has 2 aliphatic rings. The molecule has 0 amide bonds. The summed E-state index contributed by atoms with van der Waals surface area (Å²) in [5.41, 5.74) is 1.61. The Balaban J connectivity index is 1.46. The lowest BCUT2D eigenvalue weighted by atomic mass is 10.2. The molecule has 2 heterocycles. The molecule has 100 valence electrons. The van der Waals surface area contributed by atoms with E-state index in [0.717, 1.165) is 25.7 Å². The summed E-state index contributed by atoms with van der Waals surface area (Å²) in [6, 6.07) is 3.28. The van der Waals surface area contributed by atoms with Gasteiger partial charge in [-0.2, -0.15) is 11.8 Å². The molecule has 3 rings (SSSR count). The number of fused-ring (bicyclic) bond motifs is 1. The summed E-state index contributed by atoms with van der Waals surface area (Å²) in [4.78, 5) is 5.64. The van der Waals surface area contributed by atoms with Gasteiger partial charge in [0.05, 0.1) is 0 Å². The van der Waals surface area contributed by atoms with E-state index in [1.165, 1.54) is 30.8 Å². The minimum Gasteiger partial charge on any atom is -0.313 e. The lowest BCUT2D eigenvalue weighted by molar-refractivity contribution is 0.326. The average molecular weight is 282 g/mol. The highest BCUT2D eigenvalue weighted by atomic mass is 32.2. The molecule has 0 aromatic carbocycles. The van der Waals surface area contributed by atoms with Crippen LogP contribution in [0.5, 0.6) is 0 Å². The Kier molecular flexibility index (Phi) is 4.29. The molecule has 1 aromatic heterocycles. The maximum Gasteiger partial charge on any atom is 0.0325 e. The summed E-state index contributed by atoms with van der Waals surface area (Å²) >= 11 is 4.12. The number of thioether (sulfide) groups is 1. The Labute approximate surface area is 118 Å². The Morgan fingerprint density at radius 1 is 1.44 bits per heavy atom. The first kappa shape index (κ1) is 13.0. The van der Waals surface area contributed by atoms with Gasteiger partial charge in [0.25, 0.3) is 0 Å². The molecule has 1 N–H and O–H groups in total. The maximum atomic E-state index is 3.58. The second-order valence-electron chi connectivity index (χ2n) is 5.43. The van der Waals surface area contributed by atoms with Crippen molar-refractivity contribution in [2.45, 2.75) is 37.6 Å². The molecular formula is C14H22N2S2. The molecule has 1 aliphatic heterocycles. The van der Waals surface area contributed by atoms with Crippen LogP contribution in [0.25, 0.3) is 0 Å².